The number of amides is 2. The molecule has 0 bridgehead atoms. The smallest absolute Gasteiger partial charge is 0.317 e. The van der Waals surface area contributed by atoms with Gasteiger partial charge in [-0.3, -0.25) is 4.90 Å². The molecule has 2 heterocycles. The number of hydrogen-bond acceptors (Lipinski definition) is 4. The van der Waals surface area contributed by atoms with Gasteiger partial charge < -0.3 is 20.4 Å². The molecule has 0 radical (unpaired) electrons. The van der Waals surface area contributed by atoms with Gasteiger partial charge in [-0.2, -0.15) is 0 Å². The monoisotopic (exact) mass is 399 g/mol. The number of aliphatic hydroxyl groups excluding tert-OH is 2. The predicted molar refractivity (Wildman–Crippen MR) is 114 cm³/mol. The molecule has 6 nitrogen and oxygen atoms in total. The molecule has 2 fully saturated rings. The van der Waals surface area contributed by atoms with Gasteiger partial charge in [-0.25, -0.2) is 4.79 Å². The number of rotatable bonds is 3. The molecule has 29 heavy (non-hydrogen) atoms. The van der Waals surface area contributed by atoms with Crippen molar-refractivity contribution < 1.29 is 15.0 Å². The lowest BCUT2D eigenvalue weighted by Gasteiger charge is -2.57. The lowest BCUT2D eigenvalue weighted by molar-refractivity contribution is -0.0591. The maximum Gasteiger partial charge on any atom is 0.317 e. The fourth-order valence-electron chi connectivity index (χ4n) is 4.44. The van der Waals surface area contributed by atoms with Crippen LogP contribution in [0, 0.1) is 11.8 Å². The molecule has 1 aromatic carbocycles. The van der Waals surface area contributed by atoms with Crippen LogP contribution in [0.15, 0.2) is 24.3 Å². The second-order valence-corrected chi connectivity index (χ2v) is 8.41. The summed E-state index contributed by atoms with van der Waals surface area (Å²) in [6, 6.07) is 8.46. The van der Waals surface area contributed by atoms with E-state index in [4.69, 9.17) is 0 Å². The highest BCUT2D eigenvalue weighted by atomic mass is 16.3. The van der Waals surface area contributed by atoms with E-state index in [0.29, 0.717) is 6.54 Å². The highest BCUT2D eigenvalue weighted by Crippen LogP contribution is 2.41. The van der Waals surface area contributed by atoms with Crippen molar-refractivity contribution >= 4 is 6.03 Å². The summed E-state index contributed by atoms with van der Waals surface area (Å²) in [5.41, 5.74) is 2.03. The third-order valence-corrected chi connectivity index (χ3v) is 5.79. The summed E-state index contributed by atoms with van der Waals surface area (Å²) in [4.78, 5) is 16.9. The van der Waals surface area contributed by atoms with E-state index in [1.54, 1.807) is 6.92 Å². The number of hydrogen-bond donors (Lipinski definition) is 3. The van der Waals surface area contributed by atoms with Gasteiger partial charge in [-0.15, -0.1) is 0 Å². The molecular weight excluding hydrogens is 366 g/mol. The molecule has 0 aliphatic carbocycles. The van der Waals surface area contributed by atoms with Gasteiger partial charge in [-0.1, -0.05) is 24.0 Å². The van der Waals surface area contributed by atoms with E-state index in [2.05, 4.69) is 34.2 Å². The van der Waals surface area contributed by atoms with Crippen molar-refractivity contribution in [1.82, 2.24) is 15.1 Å². The summed E-state index contributed by atoms with van der Waals surface area (Å²) in [5, 5.41) is 22.4. The van der Waals surface area contributed by atoms with Crippen LogP contribution in [0.3, 0.4) is 0 Å². The highest BCUT2D eigenvalue weighted by molar-refractivity contribution is 5.74. The van der Waals surface area contributed by atoms with Gasteiger partial charge in [-0.05, 0) is 57.9 Å². The van der Waals surface area contributed by atoms with Crippen LogP contribution < -0.4 is 5.32 Å². The van der Waals surface area contributed by atoms with Crippen LogP contribution in [0.1, 0.15) is 50.7 Å². The molecule has 2 aliphatic rings. The number of nitrogens with zero attached hydrogens (tertiary/aromatic N) is 2. The topological polar surface area (TPSA) is 76.0 Å². The van der Waals surface area contributed by atoms with Gasteiger partial charge in [0.15, 0.2) is 0 Å². The summed E-state index contributed by atoms with van der Waals surface area (Å²) in [6.07, 6.45) is 1.36. The average molecular weight is 400 g/mol. The molecule has 158 valence electrons. The molecular formula is C23H33N3O3. The molecule has 0 saturated carbocycles. The zero-order chi connectivity index (χ0) is 21.0. The Morgan fingerprint density at radius 2 is 1.90 bits per heavy atom. The van der Waals surface area contributed by atoms with Crippen LogP contribution in [0.5, 0.6) is 0 Å². The van der Waals surface area contributed by atoms with Crippen molar-refractivity contribution in [2.24, 2.45) is 0 Å². The molecule has 3 rings (SSSR count). The summed E-state index contributed by atoms with van der Waals surface area (Å²) < 4.78 is 0. The first-order valence-corrected chi connectivity index (χ1v) is 10.6. The third-order valence-electron chi connectivity index (χ3n) is 5.79. The molecule has 0 unspecified atom stereocenters. The van der Waals surface area contributed by atoms with E-state index in [0.717, 1.165) is 37.1 Å². The minimum atomic E-state index is -0.647. The first-order valence-electron chi connectivity index (χ1n) is 10.6. The Kier molecular flexibility index (Phi) is 7.18. The van der Waals surface area contributed by atoms with E-state index < -0.39 is 6.10 Å². The Labute approximate surface area is 173 Å². The van der Waals surface area contributed by atoms with Gasteiger partial charge in [0.05, 0.1) is 6.61 Å². The minimum Gasteiger partial charge on any atom is -0.395 e. The van der Waals surface area contributed by atoms with Crippen LogP contribution in [-0.4, -0.2) is 76.5 Å². The molecule has 1 aromatic rings. The van der Waals surface area contributed by atoms with Crippen LogP contribution >= 0.6 is 0 Å². The number of benzene rings is 1. The number of nitrogens with one attached hydrogen (secondary N) is 1. The zero-order valence-electron chi connectivity index (χ0n) is 17.6. The van der Waals surface area contributed by atoms with Crippen molar-refractivity contribution in [1.29, 1.82) is 0 Å². The summed E-state index contributed by atoms with van der Waals surface area (Å²) in [5.74, 6) is 5.91. The van der Waals surface area contributed by atoms with Gasteiger partial charge >= 0.3 is 6.03 Å². The first-order chi connectivity index (χ1) is 13.9. The Morgan fingerprint density at radius 3 is 2.52 bits per heavy atom. The average Bonchev–Trinajstić information content (AvgIpc) is 2.65. The van der Waals surface area contributed by atoms with E-state index >= 15 is 0 Å². The second-order valence-electron chi connectivity index (χ2n) is 8.41. The van der Waals surface area contributed by atoms with Gasteiger partial charge in [0.25, 0.3) is 0 Å². The van der Waals surface area contributed by atoms with Crippen molar-refractivity contribution in [3.63, 3.8) is 0 Å². The predicted octanol–water partition coefficient (Wildman–Crippen LogP) is 1.76. The van der Waals surface area contributed by atoms with Gasteiger partial charge in [0.2, 0.25) is 0 Å². The Hall–Kier alpha value is -2.07. The molecule has 4 atom stereocenters. The molecule has 2 saturated heterocycles. The van der Waals surface area contributed by atoms with Crippen molar-refractivity contribution in [2.45, 2.75) is 63.8 Å². The quantitative estimate of drug-likeness (QED) is 0.677. The normalized spacial score (nSPS) is 25.7. The number of carbonyl (C=O) groups is 1. The lowest BCUT2D eigenvalue weighted by Crippen LogP contribution is -2.68. The zero-order valence-corrected chi connectivity index (χ0v) is 17.6. The van der Waals surface area contributed by atoms with E-state index in [1.165, 1.54) is 0 Å². The first kappa shape index (κ1) is 21.6. The van der Waals surface area contributed by atoms with Gasteiger partial charge in [0.1, 0.15) is 6.10 Å². The second kappa shape index (κ2) is 9.62. The molecule has 3 N–H and O–H groups in total. The number of urea groups is 1. The fraction of sp³-hybridized carbons (Fsp3) is 0.609. The van der Waals surface area contributed by atoms with E-state index in [1.807, 2.05) is 30.9 Å². The Bertz CT molecular complexity index is 751. The lowest BCUT2D eigenvalue weighted by atomic mass is 9.74. The van der Waals surface area contributed by atoms with Crippen molar-refractivity contribution in [3.05, 3.63) is 35.4 Å². The van der Waals surface area contributed by atoms with Crippen LogP contribution in [0.2, 0.25) is 0 Å². The van der Waals surface area contributed by atoms with E-state index in [9.17, 15) is 15.0 Å². The highest BCUT2D eigenvalue weighted by Gasteiger charge is 2.49. The fourth-order valence-corrected chi connectivity index (χ4v) is 4.44. The number of fused-ring (bicyclic) bond motifs is 1. The summed E-state index contributed by atoms with van der Waals surface area (Å²) in [6.45, 7) is 8.11. The maximum atomic E-state index is 12.6. The van der Waals surface area contributed by atoms with Crippen molar-refractivity contribution in [3.8, 4) is 11.8 Å². The standard InChI is InChI=1S/C23H33N3O3/c1-16(2)24-23(29)25-12-4-5-13-26-20(14-25)22(21(26)15-27)19-10-8-18(9-11-19)7-6-17(3)28/h8-11,16-17,20-22,27-28H,4-5,12-15H2,1-3H3,(H,24,29)/t17-,20-,21-,22-/m0/s1. The maximum absolute atomic E-state index is 12.6. The van der Waals surface area contributed by atoms with Crippen LogP contribution in [0.25, 0.3) is 0 Å². The largest absolute Gasteiger partial charge is 0.395 e. The van der Waals surface area contributed by atoms with Crippen LogP contribution in [0.4, 0.5) is 4.79 Å². The molecule has 2 aliphatic heterocycles. The Balaban J connectivity index is 1.78. The molecule has 0 spiro atoms. The molecule has 6 heteroatoms. The molecule has 0 aromatic heterocycles. The number of aliphatic hydroxyl groups is 2. The Morgan fingerprint density at radius 1 is 1.21 bits per heavy atom. The summed E-state index contributed by atoms with van der Waals surface area (Å²) >= 11 is 0. The SMILES string of the molecule is CC(C)NC(=O)N1CCCCN2[C@@H](CO)[C@@H](c3ccc(C#C[C@H](C)O)cc3)[C@@H]2C1. The molecule has 2 amide bonds. The van der Waals surface area contributed by atoms with Crippen LogP contribution in [-0.2, 0) is 0 Å². The number of carbonyl (C=O) groups excluding carboxylic acids is 1. The van der Waals surface area contributed by atoms with Gasteiger partial charge in [0, 0.05) is 42.7 Å². The third kappa shape index (κ3) is 5.11. The summed E-state index contributed by atoms with van der Waals surface area (Å²) in [7, 11) is 0. The minimum absolute atomic E-state index is 0.00297. The van der Waals surface area contributed by atoms with E-state index in [-0.39, 0.29) is 36.7 Å². The van der Waals surface area contributed by atoms with Crippen molar-refractivity contribution in [2.75, 3.05) is 26.2 Å².